The molecule has 0 heterocycles. The Morgan fingerprint density at radius 2 is 0.891 bits per heavy atom. The quantitative estimate of drug-likeness (QED) is 0.140. The fourth-order valence-corrected chi connectivity index (χ4v) is 7.18. The third kappa shape index (κ3) is 6.89. The van der Waals surface area contributed by atoms with Gasteiger partial charge in [-0.25, -0.2) is 0 Å². The van der Waals surface area contributed by atoms with Crippen molar-refractivity contribution in [2.45, 2.75) is 64.2 Å². The summed E-state index contributed by atoms with van der Waals surface area (Å²) in [6.45, 7) is 0.340. The monoisotopic (exact) mass is 622 g/mol. The Bertz CT molecular complexity index is 1500. The molecule has 0 radical (unpaired) electrons. The van der Waals surface area contributed by atoms with E-state index >= 15 is 0 Å². The average molecular weight is 623 g/mol. The van der Waals surface area contributed by atoms with Crippen molar-refractivity contribution in [2.24, 2.45) is 0 Å². The second kappa shape index (κ2) is 15.1. The van der Waals surface area contributed by atoms with Gasteiger partial charge in [0, 0.05) is 38.2 Å². The first-order valence-corrected chi connectivity index (χ1v) is 16.5. The number of hydrogen-bond donors (Lipinski definition) is 0. The molecule has 2 aliphatic carbocycles. The number of rotatable bonds is 13. The maximum absolute atomic E-state index is 6.64. The van der Waals surface area contributed by atoms with Crippen LogP contribution in [-0.2, 0) is 48.0 Å². The Labute approximate surface area is 273 Å². The first kappa shape index (κ1) is 32.0. The molecule has 0 saturated carbocycles. The summed E-state index contributed by atoms with van der Waals surface area (Å²) in [5.74, 6) is 3.50. The lowest BCUT2D eigenvalue weighted by atomic mass is 9.77. The van der Waals surface area contributed by atoms with E-state index in [4.69, 9.17) is 28.4 Å². The summed E-state index contributed by atoms with van der Waals surface area (Å²) in [5, 5.41) is 0. The van der Waals surface area contributed by atoms with Gasteiger partial charge in [-0.2, -0.15) is 0 Å². The minimum absolute atomic E-state index is 0.170. The highest BCUT2D eigenvalue weighted by molar-refractivity contribution is 5.86. The molecular weight excluding hydrogens is 576 g/mol. The lowest BCUT2D eigenvalue weighted by Gasteiger charge is -2.30. The van der Waals surface area contributed by atoms with E-state index in [0.29, 0.717) is 0 Å². The van der Waals surface area contributed by atoms with Gasteiger partial charge < -0.3 is 28.4 Å². The van der Waals surface area contributed by atoms with E-state index in [1.165, 1.54) is 68.5 Å². The van der Waals surface area contributed by atoms with E-state index in [0.717, 1.165) is 74.4 Å². The molecule has 242 valence electrons. The Balaban J connectivity index is 1.60. The predicted molar refractivity (Wildman–Crippen MR) is 182 cm³/mol. The van der Waals surface area contributed by atoms with Crippen LogP contribution in [0.4, 0.5) is 0 Å². The SMILES string of the molecule is COCOc1c(Cc2ccc(OC)cc2)cc2c(c1-c1c3c(cc(Cc4ccc(OC)cc4)c1OCOC)CCCC3)CCCC2. The number of ether oxygens (including phenoxy) is 6. The van der Waals surface area contributed by atoms with Crippen molar-refractivity contribution in [3.63, 3.8) is 0 Å². The third-order valence-electron chi connectivity index (χ3n) is 9.36. The molecule has 6 heteroatoms. The zero-order chi connectivity index (χ0) is 31.9. The summed E-state index contributed by atoms with van der Waals surface area (Å²) >= 11 is 0. The van der Waals surface area contributed by atoms with E-state index in [1.54, 1.807) is 28.4 Å². The number of aryl methyl sites for hydroxylation is 2. The lowest BCUT2D eigenvalue weighted by Crippen LogP contribution is -2.15. The summed E-state index contributed by atoms with van der Waals surface area (Å²) in [6.07, 6.45) is 10.3. The zero-order valence-corrected chi connectivity index (χ0v) is 27.7. The van der Waals surface area contributed by atoms with E-state index in [9.17, 15) is 0 Å². The molecule has 0 spiro atoms. The van der Waals surface area contributed by atoms with Gasteiger partial charge in [0.15, 0.2) is 13.6 Å². The Morgan fingerprint density at radius 3 is 1.26 bits per heavy atom. The first-order chi connectivity index (χ1) is 22.6. The van der Waals surface area contributed by atoms with Crippen molar-refractivity contribution in [3.8, 4) is 34.1 Å². The van der Waals surface area contributed by atoms with Crippen LogP contribution in [0.25, 0.3) is 11.1 Å². The molecule has 0 saturated heterocycles. The van der Waals surface area contributed by atoms with Crippen molar-refractivity contribution < 1.29 is 28.4 Å². The molecule has 0 atom stereocenters. The molecule has 6 nitrogen and oxygen atoms in total. The molecular formula is C40H46O6. The van der Waals surface area contributed by atoms with Crippen molar-refractivity contribution in [1.29, 1.82) is 0 Å². The maximum atomic E-state index is 6.64. The van der Waals surface area contributed by atoms with Gasteiger partial charge in [-0.05, 0) is 120 Å². The fourth-order valence-electron chi connectivity index (χ4n) is 7.18. The van der Waals surface area contributed by atoms with E-state index in [-0.39, 0.29) is 13.6 Å². The van der Waals surface area contributed by atoms with E-state index in [1.807, 2.05) is 24.3 Å². The minimum Gasteiger partial charge on any atom is -0.497 e. The Hall–Kier alpha value is -4.00. The van der Waals surface area contributed by atoms with Gasteiger partial charge in [-0.15, -0.1) is 0 Å². The number of fused-ring (bicyclic) bond motifs is 2. The first-order valence-electron chi connectivity index (χ1n) is 16.5. The zero-order valence-electron chi connectivity index (χ0n) is 27.7. The summed E-state index contributed by atoms with van der Waals surface area (Å²) in [7, 11) is 6.78. The topological polar surface area (TPSA) is 55.4 Å². The van der Waals surface area contributed by atoms with Gasteiger partial charge in [-0.3, -0.25) is 0 Å². The van der Waals surface area contributed by atoms with Crippen LogP contribution in [0.3, 0.4) is 0 Å². The van der Waals surface area contributed by atoms with Crippen LogP contribution in [0, 0.1) is 0 Å². The average Bonchev–Trinajstić information content (AvgIpc) is 3.10. The second-order valence-electron chi connectivity index (χ2n) is 12.3. The Kier molecular flexibility index (Phi) is 10.5. The predicted octanol–water partition coefficient (Wildman–Crippen LogP) is 8.28. The smallest absolute Gasteiger partial charge is 0.188 e. The number of hydrogen-bond acceptors (Lipinski definition) is 6. The van der Waals surface area contributed by atoms with Gasteiger partial charge in [0.25, 0.3) is 0 Å². The highest BCUT2D eigenvalue weighted by atomic mass is 16.7. The molecule has 0 aromatic heterocycles. The molecule has 4 aromatic rings. The summed E-state index contributed by atoms with van der Waals surface area (Å²) in [5.41, 5.74) is 12.7. The molecule has 6 rings (SSSR count). The van der Waals surface area contributed by atoms with Crippen LogP contribution in [0.2, 0.25) is 0 Å². The summed E-state index contributed by atoms with van der Waals surface area (Å²) in [6, 6.07) is 21.4. The van der Waals surface area contributed by atoms with Gasteiger partial charge in [0.05, 0.1) is 14.2 Å². The molecule has 0 fully saturated rings. The fraction of sp³-hybridized carbons (Fsp3) is 0.400. The number of benzene rings is 4. The molecule has 0 N–H and O–H groups in total. The van der Waals surface area contributed by atoms with Crippen LogP contribution < -0.4 is 18.9 Å². The summed E-state index contributed by atoms with van der Waals surface area (Å²) in [4.78, 5) is 0. The molecule has 0 bridgehead atoms. The van der Waals surface area contributed by atoms with Crippen molar-refractivity contribution in [2.75, 3.05) is 42.0 Å². The van der Waals surface area contributed by atoms with Gasteiger partial charge >= 0.3 is 0 Å². The van der Waals surface area contributed by atoms with Crippen LogP contribution >= 0.6 is 0 Å². The maximum Gasteiger partial charge on any atom is 0.188 e. The van der Waals surface area contributed by atoms with Crippen molar-refractivity contribution in [1.82, 2.24) is 0 Å². The van der Waals surface area contributed by atoms with Crippen molar-refractivity contribution in [3.05, 3.63) is 105 Å². The molecule has 2 aliphatic rings. The molecule has 4 aromatic carbocycles. The molecule has 46 heavy (non-hydrogen) atoms. The normalized spacial score (nSPS) is 13.9. The van der Waals surface area contributed by atoms with Gasteiger partial charge in [0.2, 0.25) is 0 Å². The van der Waals surface area contributed by atoms with Crippen LogP contribution in [0.5, 0.6) is 23.0 Å². The molecule has 0 amide bonds. The largest absolute Gasteiger partial charge is 0.497 e. The van der Waals surface area contributed by atoms with Crippen LogP contribution in [0.1, 0.15) is 70.2 Å². The highest BCUT2D eigenvalue weighted by Gasteiger charge is 2.30. The third-order valence-corrected chi connectivity index (χ3v) is 9.36. The van der Waals surface area contributed by atoms with Crippen LogP contribution in [-0.4, -0.2) is 42.0 Å². The van der Waals surface area contributed by atoms with Crippen molar-refractivity contribution >= 4 is 0 Å². The molecule has 0 aliphatic heterocycles. The Morgan fingerprint density at radius 1 is 0.500 bits per heavy atom. The van der Waals surface area contributed by atoms with Crippen LogP contribution in [0.15, 0.2) is 60.7 Å². The van der Waals surface area contributed by atoms with E-state index < -0.39 is 0 Å². The molecule has 0 unspecified atom stereocenters. The van der Waals surface area contributed by atoms with E-state index in [2.05, 4.69) is 36.4 Å². The number of methoxy groups -OCH3 is 4. The standard InChI is InChI=1S/C40H46O6/c1-41-25-45-39-31(21-27-13-17-33(43-3)18-14-27)23-29-9-5-7-11-35(29)37(39)38-36-12-8-6-10-30(36)24-32(40(38)46-26-42-2)22-28-15-19-34(44-4)20-16-28/h13-20,23-24H,5-12,21-22,25-26H2,1-4H3. The summed E-state index contributed by atoms with van der Waals surface area (Å²) < 4.78 is 35.3. The lowest BCUT2D eigenvalue weighted by molar-refractivity contribution is 0.0493. The van der Waals surface area contributed by atoms with Gasteiger partial charge in [-0.1, -0.05) is 36.4 Å². The second-order valence-corrected chi connectivity index (χ2v) is 12.3. The highest BCUT2D eigenvalue weighted by Crippen LogP contribution is 2.50. The minimum atomic E-state index is 0.170. The van der Waals surface area contributed by atoms with Gasteiger partial charge in [0.1, 0.15) is 23.0 Å².